The highest BCUT2D eigenvalue weighted by molar-refractivity contribution is 6.99. The molecule has 2 aromatic carbocycles. The van der Waals surface area contributed by atoms with Crippen LogP contribution < -0.4 is 10.4 Å². The van der Waals surface area contributed by atoms with Crippen molar-refractivity contribution in [2.75, 3.05) is 13.2 Å². The summed E-state index contributed by atoms with van der Waals surface area (Å²) in [7, 11) is -2.47. The first-order chi connectivity index (χ1) is 13.9. The predicted molar refractivity (Wildman–Crippen MR) is 122 cm³/mol. The van der Waals surface area contributed by atoms with Gasteiger partial charge in [-0.1, -0.05) is 93.1 Å². The van der Waals surface area contributed by atoms with E-state index >= 15 is 0 Å². The van der Waals surface area contributed by atoms with E-state index in [0.29, 0.717) is 6.61 Å². The van der Waals surface area contributed by atoms with Gasteiger partial charge in [0, 0.05) is 0 Å². The van der Waals surface area contributed by atoms with Crippen molar-refractivity contribution >= 4 is 18.7 Å². The lowest BCUT2D eigenvalue weighted by molar-refractivity contribution is 0.241. The molecule has 1 heterocycles. The average molecular weight is 411 g/mol. The maximum atomic E-state index is 9.11. The fourth-order valence-corrected chi connectivity index (χ4v) is 8.62. The third-order valence-corrected chi connectivity index (χ3v) is 10.8. The lowest BCUT2D eigenvalue weighted by Gasteiger charge is -2.42. The Labute approximate surface area is 176 Å². The fourth-order valence-electron chi connectivity index (χ4n) is 4.14. The zero-order valence-corrected chi connectivity index (χ0v) is 19.1. The van der Waals surface area contributed by atoms with Crippen LogP contribution in [0.25, 0.3) is 0 Å². The molecule has 1 aliphatic rings. The molecule has 0 aromatic heterocycles. The summed E-state index contributed by atoms with van der Waals surface area (Å²) >= 11 is 0. The molecule has 156 valence electrons. The first-order valence-corrected chi connectivity index (χ1v) is 12.5. The minimum Gasteiger partial charge on any atom is -0.404 e. The summed E-state index contributed by atoms with van der Waals surface area (Å²) in [6.45, 7) is 9.79. The highest BCUT2D eigenvalue weighted by atomic mass is 28.4. The number of benzene rings is 2. The summed E-state index contributed by atoms with van der Waals surface area (Å²) in [5, 5.41) is 11.7. The van der Waals surface area contributed by atoms with Crippen LogP contribution in [0.15, 0.2) is 72.3 Å². The summed E-state index contributed by atoms with van der Waals surface area (Å²) < 4.78 is 12.3. The number of aliphatic hydroxyl groups is 1. The van der Waals surface area contributed by atoms with Gasteiger partial charge in [0.05, 0.1) is 19.3 Å². The summed E-state index contributed by atoms with van der Waals surface area (Å²) in [6.07, 6.45) is 4.44. The molecular formula is C25H34O3Si. The zero-order chi connectivity index (χ0) is 20.9. The molecule has 0 radical (unpaired) electrons. The number of epoxide rings is 1. The monoisotopic (exact) mass is 410 g/mol. The van der Waals surface area contributed by atoms with E-state index in [4.69, 9.17) is 14.3 Å². The molecule has 0 unspecified atom stereocenters. The van der Waals surface area contributed by atoms with Crippen LogP contribution in [0.3, 0.4) is 0 Å². The Morgan fingerprint density at radius 2 is 1.55 bits per heavy atom. The van der Waals surface area contributed by atoms with Gasteiger partial charge in [-0.25, -0.2) is 0 Å². The highest BCUT2D eigenvalue weighted by Crippen LogP contribution is 2.36. The van der Waals surface area contributed by atoms with Gasteiger partial charge in [0.15, 0.2) is 0 Å². The molecule has 3 nitrogen and oxygen atoms in total. The van der Waals surface area contributed by atoms with Crippen LogP contribution in [0.4, 0.5) is 0 Å². The van der Waals surface area contributed by atoms with Crippen LogP contribution in [0, 0.1) is 0 Å². The molecule has 0 amide bonds. The lowest BCUT2D eigenvalue weighted by Crippen LogP contribution is -2.66. The second-order valence-electron chi connectivity index (χ2n) is 8.96. The van der Waals surface area contributed by atoms with Crippen molar-refractivity contribution in [2.45, 2.75) is 57.8 Å². The molecule has 0 spiro atoms. The predicted octanol–water partition coefficient (Wildman–Crippen LogP) is 4.05. The summed E-state index contributed by atoms with van der Waals surface area (Å²) in [4.78, 5) is 0. The molecule has 29 heavy (non-hydrogen) atoms. The first kappa shape index (κ1) is 22.0. The summed E-state index contributed by atoms with van der Waals surface area (Å²) in [5.41, 5.74) is 1.31. The van der Waals surface area contributed by atoms with Crippen LogP contribution >= 0.6 is 0 Å². The Morgan fingerprint density at radius 1 is 1.00 bits per heavy atom. The highest BCUT2D eigenvalue weighted by Gasteiger charge is 2.49. The van der Waals surface area contributed by atoms with Gasteiger partial charge >= 0.3 is 0 Å². The topological polar surface area (TPSA) is 42.0 Å². The second kappa shape index (κ2) is 9.39. The van der Waals surface area contributed by atoms with Gasteiger partial charge in [0.25, 0.3) is 8.32 Å². The van der Waals surface area contributed by atoms with E-state index in [-0.39, 0.29) is 23.9 Å². The third-order valence-electron chi connectivity index (χ3n) is 5.84. The number of allylic oxidation sites excluding steroid dienone is 1. The molecule has 2 aromatic rings. The molecule has 3 rings (SSSR count). The molecule has 0 aliphatic carbocycles. The average Bonchev–Trinajstić information content (AvgIpc) is 3.49. The van der Waals surface area contributed by atoms with Crippen LogP contribution in [0.5, 0.6) is 0 Å². The SMILES string of the molecule is C/C(=C\CO[Si](c1ccccc1)(c1ccccc1)C(C)(C)C)CC[C@@H]1O[C@H]1CO. The molecule has 0 bridgehead atoms. The minimum absolute atomic E-state index is 0.00630. The molecule has 1 aliphatic heterocycles. The molecular weight excluding hydrogens is 376 g/mol. The van der Waals surface area contributed by atoms with E-state index in [0.717, 1.165) is 12.8 Å². The number of hydrogen-bond donors (Lipinski definition) is 1. The van der Waals surface area contributed by atoms with Gasteiger partial charge < -0.3 is 14.3 Å². The Kier molecular flexibility index (Phi) is 7.12. The van der Waals surface area contributed by atoms with Crippen molar-refractivity contribution in [3.63, 3.8) is 0 Å². The van der Waals surface area contributed by atoms with E-state index in [1.165, 1.54) is 15.9 Å². The van der Waals surface area contributed by atoms with Crippen molar-refractivity contribution in [3.05, 3.63) is 72.3 Å². The smallest absolute Gasteiger partial charge is 0.261 e. The Hall–Kier alpha value is -1.72. The first-order valence-electron chi connectivity index (χ1n) is 10.6. The summed E-state index contributed by atoms with van der Waals surface area (Å²) in [5.74, 6) is 0. The van der Waals surface area contributed by atoms with Gasteiger partial charge in [-0.15, -0.1) is 0 Å². The standard InChI is InChI=1S/C25H34O3Si/c1-20(15-16-23-24(19-26)28-23)17-18-27-29(25(2,3)4,21-11-7-5-8-12-21)22-13-9-6-10-14-22/h5-14,17,23-24,26H,15-16,18-19H2,1-4H3/b20-17+/t23-,24-/m0/s1. The molecule has 1 N–H and O–H groups in total. The normalized spacial score (nSPS) is 20.0. The van der Waals surface area contributed by atoms with Gasteiger partial charge in [-0.2, -0.15) is 0 Å². The molecule has 2 atom stereocenters. The third kappa shape index (κ3) is 5.07. The van der Waals surface area contributed by atoms with Crippen molar-refractivity contribution in [3.8, 4) is 0 Å². The van der Waals surface area contributed by atoms with Gasteiger partial charge in [-0.3, -0.25) is 0 Å². The van der Waals surface area contributed by atoms with E-state index in [2.05, 4.69) is 94.4 Å². The molecule has 1 saturated heterocycles. The summed E-state index contributed by atoms with van der Waals surface area (Å²) in [6, 6.07) is 21.5. The lowest BCUT2D eigenvalue weighted by atomic mass is 10.1. The van der Waals surface area contributed by atoms with Crippen LogP contribution in [-0.2, 0) is 9.16 Å². The van der Waals surface area contributed by atoms with Crippen LogP contribution in [-0.4, -0.2) is 38.8 Å². The van der Waals surface area contributed by atoms with E-state index in [9.17, 15) is 0 Å². The van der Waals surface area contributed by atoms with E-state index in [1.807, 2.05) is 0 Å². The quantitative estimate of drug-likeness (QED) is 0.385. The second-order valence-corrected chi connectivity index (χ2v) is 13.3. The largest absolute Gasteiger partial charge is 0.404 e. The van der Waals surface area contributed by atoms with E-state index < -0.39 is 8.32 Å². The van der Waals surface area contributed by atoms with Gasteiger partial charge in [0.1, 0.15) is 6.10 Å². The molecule has 1 fully saturated rings. The maximum absolute atomic E-state index is 9.11. The van der Waals surface area contributed by atoms with Gasteiger partial charge in [0.2, 0.25) is 0 Å². The van der Waals surface area contributed by atoms with Gasteiger partial charge in [-0.05, 0) is 35.2 Å². The zero-order valence-electron chi connectivity index (χ0n) is 18.1. The maximum Gasteiger partial charge on any atom is 0.261 e. The van der Waals surface area contributed by atoms with Crippen LogP contribution in [0.2, 0.25) is 5.04 Å². The van der Waals surface area contributed by atoms with Crippen molar-refractivity contribution in [2.24, 2.45) is 0 Å². The Balaban J connectivity index is 1.81. The Morgan fingerprint density at radius 3 is 2.00 bits per heavy atom. The van der Waals surface area contributed by atoms with Crippen molar-refractivity contribution < 1.29 is 14.3 Å². The Bertz CT molecular complexity index is 756. The van der Waals surface area contributed by atoms with Crippen LogP contribution in [0.1, 0.15) is 40.5 Å². The number of hydrogen-bond acceptors (Lipinski definition) is 3. The van der Waals surface area contributed by atoms with E-state index in [1.54, 1.807) is 0 Å². The number of ether oxygens (including phenoxy) is 1. The van der Waals surface area contributed by atoms with Crippen molar-refractivity contribution in [1.82, 2.24) is 0 Å². The van der Waals surface area contributed by atoms with Crippen molar-refractivity contribution in [1.29, 1.82) is 0 Å². The molecule has 0 saturated carbocycles. The minimum atomic E-state index is -2.47. The number of rotatable bonds is 9. The molecule has 4 heteroatoms. The number of aliphatic hydroxyl groups excluding tert-OH is 1. The fraction of sp³-hybridized carbons (Fsp3) is 0.440.